The van der Waals surface area contributed by atoms with Crippen molar-refractivity contribution in [1.82, 2.24) is 0 Å². The molecule has 3 N–H and O–H groups in total. The maximum Gasteiger partial charge on any atom is 0.193 e. The van der Waals surface area contributed by atoms with Crippen molar-refractivity contribution in [2.45, 2.75) is 40.7 Å². The molecule has 0 aliphatic rings. The Kier molecular flexibility index (Phi) is 8.25. The third kappa shape index (κ3) is 6.65. The van der Waals surface area contributed by atoms with Crippen LogP contribution < -0.4 is 11.1 Å². The third-order valence-corrected chi connectivity index (χ3v) is 3.46. The van der Waals surface area contributed by atoms with Crippen LogP contribution in [0.25, 0.3) is 0 Å². The number of nitrogens with two attached hydrogens (primary N) is 1. The van der Waals surface area contributed by atoms with Crippen molar-refractivity contribution >= 4 is 35.6 Å². The van der Waals surface area contributed by atoms with E-state index in [9.17, 15) is 0 Å². The van der Waals surface area contributed by atoms with Crippen LogP contribution in [0.1, 0.15) is 31.9 Å². The third-order valence-electron chi connectivity index (χ3n) is 3.46. The maximum absolute atomic E-state index is 5.92. The largest absolute Gasteiger partial charge is 0.379 e. The van der Waals surface area contributed by atoms with Gasteiger partial charge in [0.05, 0.1) is 12.6 Å². The molecule has 0 fully saturated rings. The van der Waals surface area contributed by atoms with Crippen LogP contribution in [0, 0.1) is 19.3 Å². The fraction of sp³-hybridized carbons (Fsp3) is 0.562. The lowest BCUT2D eigenvalue weighted by Gasteiger charge is -2.27. The second-order valence-electron chi connectivity index (χ2n) is 6.24. The number of methoxy groups -OCH3 is 1. The second kappa shape index (κ2) is 8.58. The van der Waals surface area contributed by atoms with E-state index < -0.39 is 0 Å². The van der Waals surface area contributed by atoms with Crippen molar-refractivity contribution in [3.8, 4) is 0 Å². The van der Waals surface area contributed by atoms with Gasteiger partial charge in [-0.3, -0.25) is 4.99 Å². The number of halogens is 1. The van der Waals surface area contributed by atoms with Crippen LogP contribution in [0.15, 0.2) is 23.2 Å². The molecule has 1 aromatic carbocycles. The van der Waals surface area contributed by atoms with Crippen molar-refractivity contribution in [3.63, 3.8) is 0 Å². The Morgan fingerprint density at radius 1 is 1.29 bits per heavy atom. The molecule has 4 nitrogen and oxygen atoms in total. The number of hydrogen-bond donors (Lipinski definition) is 2. The molecule has 0 saturated carbocycles. The van der Waals surface area contributed by atoms with E-state index in [1.165, 1.54) is 11.1 Å². The molecule has 0 radical (unpaired) electrons. The highest BCUT2D eigenvalue weighted by Crippen LogP contribution is 2.22. The van der Waals surface area contributed by atoms with Crippen LogP contribution >= 0.6 is 24.0 Å². The maximum atomic E-state index is 5.92. The van der Waals surface area contributed by atoms with Gasteiger partial charge >= 0.3 is 0 Å². The lowest BCUT2D eigenvalue weighted by molar-refractivity contribution is 0.0242. The van der Waals surface area contributed by atoms with Crippen molar-refractivity contribution in [2.24, 2.45) is 16.1 Å². The minimum atomic E-state index is 0. The van der Waals surface area contributed by atoms with Gasteiger partial charge in [0.2, 0.25) is 0 Å². The van der Waals surface area contributed by atoms with Gasteiger partial charge in [0.15, 0.2) is 5.96 Å². The van der Waals surface area contributed by atoms with Gasteiger partial charge in [-0.05, 0) is 42.5 Å². The smallest absolute Gasteiger partial charge is 0.193 e. The average Bonchev–Trinajstić information content (AvgIpc) is 2.33. The van der Waals surface area contributed by atoms with E-state index in [4.69, 9.17) is 10.5 Å². The van der Waals surface area contributed by atoms with E-state index in [0.717, 1.165) is 5.69 Å². The van der Waals surface area contributed by atoms with Crippen molar-refractivity contribution in [3.05, 3.63) is 29.3 Å². The molecule has 0 aromatic heterocycles. The van der Waals surface area contributed by atoms with Crippen LogP contribution in [-0.4, -0.2) is 25.7 Å². The predicted octanol–water partition coefficient (Wildman–Crippen LogP) is 3.71. The van der Waals surface area contributed by atoms with E-state index in [0.29, 0.717) is 12.5 Å². The molecule has 0 saturated heterocycles. The molecular formula is C16H28IN3O. The normalized spacial score (nSPS) is 13.5. The number of rotatable bonds is 4. The first-order valence-corrected chi connectivity index (χ1v) is 6.91. The lowest BCUT2D eigenvalue weighted by atomic mass is 9.89. The first kappa shape index (κ1) is 20.2. The highest BCUT2D eigenvalue weighted by Gasteiger charge is 2.23. The fourth-order valence-corrected chi connectivity index (χ4v) is 1.89. The number of anilines is 1. The summed E-state index contributed by atoms with van der Waals surface area (Å²) in [6.45, 7) is 11.1. The zero-order valence-electron chi connectivity index (χ0n) is 13.9. The Morgan fingerprint density at radius 3 is 2.38 bits per heavy atom. The molecule has 0 aliphatic carbocycles. The molecule has 1 unspecified atom stereocenters. The van der Waals surface area contributed by atoms with E-state index in [2.05, 4.69) is 57.1 Å². The molecule has 21 heavy (non-hydrogen) atoms. The number of nitrogens with zero attached hydrogens (tertiary/aromatic N) is 1. The second-order valence-corrected chi connectivity index (χ2v) is 6.24. The minimum absolute atomic E-state index is 0. The Bertz CT molecular complexity index is 481. The Balaban J connectivity index is 0.00000400. The van der Waals surface area contributed by atoms with E-state index >= 15 is 0 Å². The number of hydrogen-bond acceptors (Lipinski definition) is 2. The summed E-state index contributed by atoms with van der Waals surface area (Å²) in [5.41, 5.74) is 9.41. The summed E-state index contributed by atoms with van der Waals surface area (Å²) >= 11 is 0. The van der Waals surface area contributed by atoms with Crippen molar-refractivity contribution < 1.29 is 4.74 Å². The van der Waals surface area contributed by atoms with Crippen LogP contribution in [0.2, 0.25) is 0 Å². The quantitative estimate of drug-likeness (QED) is 0.456. The van der Waals surface area contributed by atoms with Crippen molar-refractivity contribution in [2.75, 3.05) is 19.0 Å². The van der Waals surface area contributed by atoms with E-state index in [1.807, 2.05) is 6.07 Å². The highest BCUT2D eigenvalue weighted by molar-refractivity contribution is 14.0. The first-order chi connectivity index (χ1) is 9.24. The molecule has 0 spiro atoms. The average molecular weight is 405 g/mol. The molecule has 1 aromatic rings. The number of nitrogens with one attached hydrogen (secondary N) is 1. The number of aliphatic imine (C=N–C) groups is 1. The SMILES string of the molecule is COC(CN=C(N)Nc1ccc(C)c(C)c1)C(C)(C)C.I. The minimum Gasteiger partial charge on any atom is -0.379 e. The zero-order chi connectivity index (χ0) is 15.3. The highest BCUT2D eigenvalue weighted by atomic mass is 127. The van der Waals surface area contributed by atoms with E-state index in [1.54, 1.807) is 7.11 Å². The summed E-state index contributed by atoms with van der Waals surface area (Å²) in [7, 11) is 1.71. The van der Waals surface area contributed by atoms with E-state index in [-0.39, 0.29) is 35.5 Å². The van der Waals surface area contributed by atoms with Gasteiger partial charge in [-0.25, -0.2) is 0 Å². The Labute approximate surface area is 145 Å². The van der Waals surface area contributed by atoms with Crippen LogP contribution in [-0.2, 0) is 4.74 Å². The topological polar surface area (TPSA) is 59.6 Å². The van der Waals surface area contributed by atoms with Crippen LogP contribution in [0.5, 0.6) is 0 Å². The number of aryl methyl sites for hydroxylation is 2. The standard InChI is InChI=1S/C16H27N3O.HI/c1-11-7-8-13(9-12(11)2)19-15(17)18-10-14(20-6)16(3,4)5;/h7-9,14H,10H2,1-6H3,(H3,17,18,19);1H. The summed E-state index contributed by atoms with van der Waals surface area (Å²) in [5, 5.41) is 3.11. The van der Waals surface area contributed by atoms with Gasteiger partial charge in [-0.2, -0.15) is 0 Å². The number of guanidine groups is 1. The Hall–Kier alpha value is -0.820. The number of benzene rings is 1. The summed E-state index contributed by atoms with van der Waals surface area (Å²) in [6.07, 6.45) is 0.0441. The number of ether oxygens (including phenoxy) is 1. The van der Waals surface area contributed by atoms with Gasteiger partial charge < -0.3 is 15.8 Å². The zero-order valence-corrected chi connectivity index (χ0v) is 16.2. The first-order valence-electron chi connectivity index (χ1n) is 6.91. The van der Waals surface area contributed by atoms with Gasteiger partial charge in [0.1, 0.15) is 0 Å². The lowest BCUT2D eigenvalue weighted by Crippen LogP contribution is -2.33. The monoisotopic (exact) mass is 405 g/mol. The van der Waals surface area contributed by atoms with Gasteiger partial charge in [-0.15, -0.1) is 24.0 Å². The molecule has 1 rings (SSSR count). The molecule has 0 heterocycles. The molecule has 5 heteroatoms. The molecule has 0 aliphatic heterocycles. The molecule has 1 atom stereocenters. The van der Waals surface area contributed by atoms with Gasteiger partial charge in [-0.1, -0.05) is 26.8 Å². The van der Waals surface area contributed by atoms with Crippen LogP contribution in [0.4, 0.5) is 5.69 Å². The van der Waals surface area contributed by atoms with Crippen molar-refractivity contribution in [1.29, 1.82) is 0 Å². The van der Waals surface area contributed by atoms with Gasteiger partial charge in [0.25, 0.3) is 0 Å². The van der Waals surface area contributed by atoms with Crippen LogP contribution in [0.3, 0.4) is 0 Å². The summed E-state index contributed by atoms with van der Waals surface area (Å²) in [6, 6.07) is 6.13. The van der Waals surface area contributed by atoms with Gasteiger partial charge in [0, 0.05) is 12.8 Å². The molecule has 0 bridgehead atoms. The predicted molar refractivity (Wildman–Crippen MR) is 102 cm³/mol. The Morgan fingerprint density at radius 2 is 1.90 bits per heavy atom. The summed E-state index contributed by atoms with van der Waals surface area (Å²) in [5.74, 6) is 0.416. The fourth-order valence-electron chi connectivity index (χ4n) is 1.89. The summed E-state index contributed by atoms with van der Waals surface area (Å²) < 4.78 is 5.46. The molecule has 0 amide bonds. The molecule has 120 valence electrons. The summed E-state index contributed by atoms with van der Waals surface area (Å²) in [4.78, 5) is 4.37. The molecular weight excluding hydrogens is 377 g/mol.